The van der Waals surface area contributed by atoms with Gasteiger partial charge in [-0.1, -0.05) is 20.8 Å². The van der Waals surface area contributed by atoms with Crippen molar-refractivity contribution >= 4 is 11.9 Å². The highest BCUT2D eigenvalue weighted by Crippen LogP contribution is 2.12. The third-order valence-electron chi connectivity index (χ3n) is 2.36. The van der Waals surface area contributed by atoms with Crippen molar-refractivity contribution in [3.8, 4) is 0 Å². The zero-order valence-electron chi connectivity index (χ0n) is 9.53. The second-order valence-corrected chi connectivity index (χ2v) is 3.80. The Labute approximate surface area is 85.2 Å². The van der Waals surface area contributed by atoms with E-state index in [2.05, 4.69) is 4.74 Å². The Kier molecular flexibility index (Phi) is 5.20. The summed E-state index contributed by atoms with van der Waals surface area (Å²) in [4.78, 5) is 24.0. The molecule has 1 amide bonds. The van der Waals surface area contributed by atoms with Gasteiger partial charge in [-0.2, -0.15) is 0 Å². The Hall–Kier alpha value is -1.06. The molecule has 82 valence electrons. The third-order valence-corrected chi connectivity index (χ3v) is 2.36. The zero-order valence-corrected chi connectivity index (χ0v) is 9.53. The lowest BCUT2D eigenvalue weighted by atomic mass is 9.97. The van der Waals surface area contributed by atoms with Crippen LogP contribution in [0.1, 0.15) is 20.8 Å². The van der Waals surface area contributed by atoms with Crippen molar-refractivity contribution in [2.24, 2.45) is 11.8 Å². The monoisotopic (exact) mass is 201 g/mol. The van der Waals surface area contributed by atoms with E-state index in [1.807, 2.05) is 20.8 Å². The number of amides is 1. The average molecular weight is 201 g/mol. The van der Waals surface area contributed by atoms with Gasteiger partial charge in [-0.25, -0.2) is 0 Å². The second kappa shape index (κ2) is 5.62. The predicted octanol–water partition coefficient (Wildman–Crippen LogP) is 0.910. The third kappa shape index (κ3) is 3.77. The van der Waals surface area contributed by atoms with Crippen LogP contribution in [0.5, 0.6) is 0 Å². The Morgan fingerprint density at radius 3 is 2.14 bits per heavy atom. The molecule has 0 spiro atoms. The molecule has 0 aromatic heterocycles. The van der Waals surface area contributed by atoms with E-state index in [0.717, 1.165) is 0 Å². The van der Waals surface area contributed by atoms with Crippen LogP contribution in [0.15, 0.2) is 0 Å². The molecule has 0 aromatic rings. The lowest BCUT2D eigenvalue weighted by Gasteiger charge is -2.22. The Balaban J connectivity index is 4.18. The minimum Gasteiger partial charge on any atom is -0.468 e. The van der Waals surface area contributed by atoms with Gasteiger partial charge in [0, 0.05) is 13.0 Å². The summed E-state index contributed by atoms with van der Waals surface area (Å²) < 4.78 is 4.48. The molecule has 0 saturated carbocycles. The summed E-state index contributed by atoms with van der Waals surface area (Å²) in [7, 11) is 2.92. The van der Waals surface area contributed by atoms with Gasteiger partial charge in [0.1, 0.15) is 6.54 Å². The van der Waals surface area contributed by atoms with Gasteiger partial charge < -0.3 is 9.64 Å². The minimum absolute atomic E-state index is 0.0202. The number of carbonyl (C=O) groups excluding carboxylic acids is 2. The molecule has 0 saturated heterocycles. The Morgan fingerprint density at radius 2 is 1.79 bits per heavy atom. The lowest BCUT2D eigenvalue weighted by Crippen LogP contribution is -2.37. The first-order valence-corrected chi connectivity index (χ1v) is 4.72. The number of esters is 1. The number of methoxy groups -OCH3 is 1. The van der Waals surface area contributed by atoms with Crippen molar-refractivity contribution < 1.29 is 14.3 Å². The van der Waals surface area contributed by atoms with Gasteiger partial charge >= 0.3 is 5.97 Å². The van der Waals surface area contributed by atoms with Gasteiger partial charge in [0.15, 0.2) is 0 Å². The zero-order chi connectivity index (χ0) is 11.3. The van der Waals surface area contributed by atoms with Crippen LogP contribution < -0.4 is 0 Å². The molecular formula is C10H19NO3. The Bertz CT molecular complexity index is 213. The van der Waals surface area contributed by atoms with Crippen LogP contribution in [-0.2, 0) is 14.3 Å². The summed E-state index contributed by atoms with van der Waals surface area (Å²) in [5, 5.41) is 0. The maximum atomic E-state index is 11.7. The molecule has 4 nitrogen and oxygen atoms in total. The molecule has 0 aliphatic heterocycles. The van der Waals surface area contributed by atoms with Gasteiger partial charge in [-0.05, 0) is 5.92 Å². The molecule has 0 radical (unpaired) electrons. The first-order chi connectivity index (χ1) is 6.40. The SMILES string of the molecule is COC(=O)CN(C)C(=O)C(C)C(C)C. The maximum Gasteiger partial charge on any atom is 0.325 e. The van der Waals surface area contributed by atoms with E-state index in [1.54, 1.807) is 7.05 Å². The van der Waals surface area contributed by atoms with Gasteiger partial charge in [0.25, 0.3) is 0 Å². The molecule has 0 aliphatic carbocycles. The minimum atomic E-state index is -0.392. The van der Waals surface area contributed by atoms with Crippen LogP contribution in [0.3, 0.4) is 0 Å². The smallest absolute Gasteiger partial charge is 0.325 e. The van der Waals surface area contributed by atoms with Gasteiger partial charge in [0.2, 0.25) is 5.91 Å². The fourth-order valence-corrected chi connectivity index (χ4v) is 0.969. The molecule has 1 unspecified atom stereocenters. The number of nitrogens with zero attached hydrogens (tertiary/aromatic N) is 1. The summed E-state index contributed by atoms with van der Waals surface area (Å²) in [6.07, 6.45) is 0. The van der Waals surface area contributed by atoms with Crippen molar-refractivity contribution in [3.63, 3.8) is 0 Å². The van der Waals surface area contributed by atoms with Crippen molar-refractivity contribution in [2.75, 3.05) is 20.7 Å². The van der Waals surface area contributed by atoms with Crippen LogP contribution in [0.4, 0.5) is 0 Å². The highest BCUT2D eigenvalue weighted by molar-refractivity contribution is 5.83. The van der Waals surface area contributed by atoms with E-state index in [4.69, 9.17) is 0 Å². The van der Waals surface area contributed by atoms with Crippen LogP contribution >= 0.6 is 0 Å². The van der Waals surface area contributed by atoms with Crippen LogP contribution in [0.2, 0.25) is 0 Å². The molecule has 0 fully saturated rings. The largest absolute Gasteiger partial charge is 0.468 e. The number of hydrogen-bond donors (Lipinski definition) is 0. The molecule has 0 aromatic carbocycles. The van der Waals surface area contributed by atoms with E-state index >= 15 is 0 Å². The van der Waals surface area contributed by atoms with E-state index < -0.39 is 5.97 Å². The van der Waals surface area contributed by atoms with Gasteiger partial charge in [0.05, 0.1) is 7.11 Å². The van der Waals surface area contributed by atoms with Crippen molar-refractivity contribution in [1.82, 2.24) is 4.90 Å². The van der Waals surface area contributed by atoms with Gasteiger partial charge in [-0.3, -0.25) is 9.59 Å². The van der Waals surface area contributed by atoms with E-state index in [9.17, 15) is 9.59 Å². The van der Waals surface area contributed by atoms with Crippen LogP contribution in [0.25, 0.3) is 0 Å². The molecule has 1 atom stereocenters. The summed E-state index contributed by atoms with van der Waals surface area (Å²) in [5.41, 5.74) is 0. The second-order valence-electron chi connectivity index (χ2n) is 3.80. The standard InChI is InChI=1S/C10H19NO3/c1-7(2)8(3)10(13)11(4)6-9(12)14-5/h7-8H,6H2,1-5H3. The molecule has 4 heteroatoms. The van der Waals surface area contributed by atoms with Crippen LogP contribution in [0, 0.1) is 11.8 Å². The van der Waals surface area contributed by atoms with E-state index in [1.165, 1.54) is 12.0 Å². The average Bonchev–Trinajstić information content (AvgIpc) is 2.14. The first-order valence-electron chi connectivity index (χ1n) is 4.72. The fraction of sp³-hybridized carbons (Fsp3) is 0.800. The number of hydrogen-bond acceptors (Lipinski definition) is 3. The lowest BCUT2D eigenvalue weighted by molar-refractivity contribution is -0.147. The molecule has 14 heavy (non-hydrogen) atoms. The summed E-state index contributed by atoms with van der Waals surface area (Å²) in [6, 6.07) is 0. The molecule has 0 rings (SSSR count). The predicted molar refractivity (Wildman–Crippen MR) is 53.7 cm³/mol. The summed E-state index contributed by atoms with van der Waals surface area (Å²) in [6.45, 7) is 5.84. The highest BCUT2D eigenvalue weighted by atomic mass is 16.5. The first kappa shape index (κ1) is 12.9. The van der Waals surface area contributed by atoms with Crippen LogP contribution in [-0.4, -0.2) is 37.5 Å². The van der Waals surface area contributed by atoms with Crippen molar-refractivity contribution in [3.05, 3.63) is 0 Å². The molecule has 0 aliphatic rings. The topological polar surface area (TPSA) is 46.6 Å². The van der Waals surface area contributed by atoms with E-state index in [-0.39, 0.29) is 24.3 Å². The normalized spacial score (nSPS) is 12.4. The van der Waals surface area contributed by atoms with Crippen molar-refractivity contribution in [1.29, 1.82) is 0 Å². The Morgan fingerprint density at radius 1 is 1.29 bits per heavy atom. The number of carbonyl (C=O) groups is 2. The van der Waals surface area contributed by atoms with Gasteiger partial charge in [-0.15, -0.1) is 0 Å². The number of rotatable bonds is 4. The number of ether oxygens (including phenoxy) is 1. The molecule has 0 heterocycles. The summed E-state index contributed by atoms with van der Waals surface area (Å²) in [5.74, 6) is -0.200. The maximum absolute atomic E-state index is 11.7. The summed E-state index contributed by atoms with van der Waals surface area (Å²) >= 11 is 0. The van der Waals surface area contributed by atoms with Crippen molar-refractivity contribution in [2.45, 2.75) is 20.8 Å². The molecular weight excluding hydrogens is 182 g/mol. The fourth-order valence-electron chi connectivity index (χ4n) is 0.969. The van der Waals surface area contributed by atoms with E-state index in [0.29, 0.717) is 0 Å². The molecule has 0 bridgehead atoms. The highest BCUT2D eigenvalue weighted by Gasteiger charge is 2.21. The number of likely N-dealkylation sites (N-methyl/N-ethyl adjacent to an activating group) is 1. The quantitative estimate of drug-likeness (QED) is 0.635. The molecule has 0 N–H and O–H groups in total.